The van der Waals surface area contributed by atoms with E-state index in [1.807, 2.05) is 0 Å². The van der Waals surface area contributed by atoms with E-state index in [0.29, 0.717) is 13.0 Å². The third-order valence-electron chi connectivity index (χ3n) is 1.43. The second kappa shape index (κ2) is 2.99. The molecule has 1 aliphatic heterocycles. The van der Waals surface area contributed by atoms with Crippen LogP contribution in [0.5, 0.6) is 0 Å². The van der Waals surface area contributed by atoms with Gasteiger partial charge in [-0.05, 0) is 12.8 Å². The number of aliphatic hydroxyl groups excluding tert-OH is 1. The molecule has 1 unspecified atom stereocenters. The number of aliphatic hydroxyl groups is 1. The van der Waals surface area contributed by atoms with E-state index in [1.54, 1.807) is 0 Å². The summed E-state index contributed by atoms with van der Waals surface area (Å²) in [5.74, 6) is 0. The number of ether oxygens (including phenoxy) is 1. The first-order valence-electron chi connectivity index (χ1n) is 3.21. The van der Waals surface area contributed by atoms with Crippen LogP contribution in [0.15, 0.2) is 12.2 Å². The molecule has 0 saturated carbocycles. The molecule has 0 radical (unpaired) electrons. The van der Waals surface area contributed by atoms with Gasteiger partial charge in [0.25, 0.3) is 0 Å². The van der Waals surface area contributed by atoms with Gasteiger partial charge in [-0.1, -0.05) is 12.2 Å². The minimum atomic E-state index is -0.319. The Morgan fingerprint density at radius 1 is 1.67 bits per heavy atom. The molecule has 1 saturated heterocycles. The van der Waals surface area contributed by atoms with Crippen molar-refractivity contribution in [3.8, 4) is 0 Å². The molecule has 2 heteroatoms. The zero-order valence-electron chi connectivity index (χ0n) is 5.47. The molecule has 0 aromatic carbocycles. The molecule has 1 atom stereocenters. The van der Waals surface area contributed by atoms with Gasteiger partial charge in [0, 0.05) is 0 Å². The molecule has 1 heterocycles. The van der Waals surface area contributed by atoms with E-state index in [0.717, 1.165) is 18.6 Å². The fourth-order valence-electron chi connectivity index (χ4n) is 0.930. The van der Waals surface area contributed by atoms with Crippen LogP contribution < -0.4 is 0 Å². The fourth-order valence-corrected chi connectivity index (χ4v) is 0.930. The van der Waals surface area contributed by atoms with Crippen LogP contribution in [0.1, 0.15) is 12.8 Å². The summed E-state index contributed by atoms with van der Waals surface area (Å²) in [5, 5.41) is 9.07. The maximum Gasteiger partial charge on any atom is 0.0810 e. The highest BCUT2D eigenvalue weighted by molar-refractivity contribution is 4.97. The highest BCUT2D eigenvalue weighted by Gasteiger charge is 2.10. The monoisotopic (exact) mass is 128 g/mol. The number of hydrogen-bond acceptors (Lipinski definition) is 2. The molecular formula is C7H12O2. The van der Waals surface area contributed by atoms with Gasteiger partial charge >= 0.3 is 0 Å². The van der Waals surface area contributed by atoms with Crippen molar-refractivity contribution in [3.63, 3.8) is 0 Å². The van der Waals surface area contributed by atoms with Crippen molar-refractivity contribution in [2.24, 2.45) is 0 Å². The van der Waals surface area contributed by atoms with Gasteiger partial charge < -0.3 is 9.84 Å². The predicted molar refractivity (Wildman–Crippen MR) is 35.2 cm³/mol. The molecular weight excluding hydrogens is 116 g/mol. The Labute approximate surface area is 55.1 Å². The van der Waals surface area contributed by atoms with E-state index in [2.05, 4.69) is 6.58 Å². The lowest BCUT2D eigenvalue weighted by Crippen LogP contribution is -2.11. The van der Waals surface area contributed by atoms with Gasteiger partial charge in [-0.3, -0.25) is 0 Å². The summed E-state index contributed by atoms with van der Waals surface area (Å²) in [6, 6.07) is 0. The lowest BCUT2D eigenvalue weighted by atomic mass is 10.1. The van der Waals surface area contributed by atoms with E-state index < -0.39 is 0 Å². The molecule has 0 bridgehead atoms. The average Bonchev–Trinajstić information content (AvgIpc) is 1.93. The van der Waals surface area contributed by atoms with Crippen LogP contribution >= 0.6 is 0 Å². The van der Waals surface area contributed by atoms with Crippen molar-refractivity contribution in [1.29, 1.82) is 0 Å². The summed E-state index contributed by atoms with van der Waals surface area (Å²) >= 11 is 0. The Morgan fingerprint density at radius 2 is 2.44 bits per heavy atom. The SMILES string of the molecule is C=C1CCOCC(O)C1. The minimum Gasteiger partial charge on any atom is -0.390 e. The number of rotatable bonds is 0. The van der Waals surface area contributed by atoms with Gasteiger partial charge in [0.15, 0.2) is 0 Å². The highest BCUT2D eigenvalue weighted by Crippen LogP contribution is 2.11. The molecule has 52 valence electrons. The fraction of sp³-hybridized carbons (Fsp3) is 0.714. The molecule has 1 fully saturated rings. The first kappa shape index (κ1) is 6.78. The highest BCUT2D eigenvalue weighted by atomic mass is 16.5. The Hall–Kier alpha value is -0.340. The quantitative estimate of drug-likeness (QED) is 0.487. The molecule has 2 nitrogen and oxygen atoms in total. The van der Waals surface area contributed by atoms with E-state index in [4.69, 9.17) is 9.84 Å². The molecule has 0 aromatic rings. The molecule has 0 aliphatic carbocycles. The van der Waals surface area contributed by atoms with E-state index in [-0.39, 0.29) is 6.10 Å². The third kappa shape index (κ3) is 2.16. The second-order valence-corrected chi connectivity index (χ2v) is 2.43. The molecule has 0 amide bonds. The maximum atomic E-state index is 9.07. The van der Waals surface area contributed by atoms with Crippen LogP contribution in [-0.2, 0) is 4.74 Å². The molecule has 1 N–H and O–H groups in total. The van der Waals surface area contributed by atoms with E-state index in [1.165, 1.54) is 0 Å². The topological polar surface area (TPSA) is 29.5 Å². The lowest BCUT2D eigenvalue weighted by Gasteiger charge is -2.03. The van der Waals surface area contributed by atoms with Gasteiger partial charge in [-0.2, -0.15) is 0 Å². The van der Waals surface area contributed by atoms with Crippen molar-refractivity contribution in [2.45, 2.75) is 18.9 Å². The Balaban J connectivity index is 2.37. The standard InChI is InChI=1S/C7H12O2/c1-6-2-3-9-5-7(8)4-6/h7-8H,1-5H2. The van der Waals surface area contributed by atoms with Crippen LogP contribution in [0.25, 0.3) is 0 Å². The van der Waals surface area contributed by atoms with Crippen molar-refractivity contribution >= 4 is 0 Å². The zero-order valence-corrected chi connectivity index (χ0v) is 5.47. The van der Waals surface area contributed by atoms with Crippen molar-refractivity contribution in [1.82, 2.24) is 0 Å². The first-order valence-corrected chi connectivity index (χ1v) is 3.21. The van der Waals surface area contributed by atoms with Crippen LogP contribution in [0, 0.1) is 0 Å². The average molecular weight is 128 g/mol. The largest absolute Gasteiger partial charge is 0.390 e. The summed E-state index contributed by atoms with van der Waals surface area (Å²) in [5.41, 5.74) is 1.10. The Morgan fingerprint density at radius 3 is 3.22 bits per heavy atom. The second-order valence-electron chi connectivity index (χ2n) is 2.43. The van der Waals surface area contributed by atoms with Crippen LogP contribution in [-0.4, -0.2) is 24.4 Å². The third-order valence-corrected chi connectivity index (χ3v) is 1.43. The van der Waals surface area contributed by atoms with Crippen molar-refractivity contribution in [3.05, 3.63) is 12.2 Å². The lowest BCUT2D eigenvalue weighted by molar-refractivity contribution is 0.0518. The van der Waals surface area contributed by atoms with Gasteiger partial charge in [-0.25, -0.2) is 0 Å². The molecule has 9 heavy (non-hydrogen) atoms. The van der Waals surface area contributed by atoms with Crippen LogP contribution in [0.3, 0.4) is 0 Å². The summed E-state index contributed by atoms with van der Waals surface area (Å²) in [7, 11) is 0. The zero-order chi connectivity index (χ0) is 6.69. The van der Waals surface area contributed by atoms with Crippen molar-refractivity contribution in [2.75, 3.05) is 13.2 Å². The maximum absolute atomic E-state index is 9.07. The van der Waals surface area contributed by atoms with E-state index in [9.17, 15) is 0 Å². The number of hydrogen-bond donors (Lipinski definition) is 1. The summed E-state index contributed by atoms with van der Waals surface area (Å²) in [6.45, 7) is 4.97. The predicted octanol–water partition coefficient (Wildman–Crippen LogP) is 0.714. The molecule has 1 rings (SSSR count). The van der Waals surface area contributed by atoms with Gasteiger partial charge in [0.1, 0.15) is 0 Å². The summed E-state index contributed by atoms with van der Waals surface area (Å²) < 4.78 is 5.07. The summed E-state index contributed by atoms with van der Waals surface area (Å²) in [4.78, 5) is 0. The van der Waals surface area contributed by atoms with E-state index >= 15 is 0 Å². The normalized spacial score (nSPS) is 29.9. The minimum absolute atomic E-state index is 0.319. The smallest absolute Gasteiger partial charge is 0.0810 e. The van der Waals surface area contributed by atoms with Crippen LogP contribution in [0.4, 0.5) is 0 Å². The van der Waals surface area contributed by atoms with Gasteiger partial charge in [0.2, 0.25) is 0 Å². The molecule has 0 spiro atoms. The van der Waals surface area contributed by atoms with Gasteiger partial charge in [0.05, 0.1) is 19.3 Å². The molecule has 1 aliphatic rings. The Bertz CT molecular complexity index is 109. The van der Waals surface area contributed by atoms with Crippen molar-refractivity contribution < 1.29 is 9.84 Å². The summed E-state index contributed by atoms with van der Waals surface area (Å²) in [6.07, 6.45) is 1.29. The van der Waals surface area contributed by atoms with Gasteiger partial charge in [-0.15, -0.1) is 0 Å². The van der Waals surface area contributed by atoms with Crippen LogP contribution in [0.2, 0.25) is 0 Å². The first-order chi connectivity index (χ1) is 4.29. The Kier molecular flexibility index (Phi) is 2.25. The molecule has 0 aromatic heterocycles.